The maximum Gasteiger partial charge on any atom is 0.305 e. The number of carbonyl (C=O) groups excluding carboxylic acids is 2. The van der Waals surface area contributed by atoms with Gasteiger partial charge in [0.1, 0.15) is 0 Å². The summed E-state index contributed by atoms with van der Waals surface area (Å²) < 4.78 is 5.49. The van der Waals surface area contributed by atoms with Crippen LogP contribution in [-0.4, -0.2) is 47.4 Å². The Morgan fingerprint density at radius 2 is 0.691 bits per heavy atom. The highest BCUT2D eigenvalue weighted by Crippen LogP contribution is 2.18. The lowest BCUT2D eigenvalue weighted by atomic mass is 10.0. The molecule has 0 saturated carbocycles. The number of nitrogens with one attached hydrogen (secondary N) is 1. The molecule has 404 valence electrons. The summed E-state index contributed by atoms with van der Waals surface area (Å²) in [6.45, 7) is 4.97. The molecule has 0 saturated heterocycles. The summed E-state index contributed by atoms with van der Waals surface area (Å²) in [6.07, 6.45) is 69.4. The molecule has 0 aliphatic heterocycles. The number of allylic oxidation sites excluding steroid dienone is 2. The first kappa shape index (κ1) is 66.6. The van der Waals surface area contributed by atoms with Crippen LogP contribution in [0.25, 0.3) is 0 Å². The van der Waals surface area contributed by atoms with Crippen LogP contribution in [-0.2, 0) is 14.3 Å². The molecule has 2 atom stereocenters. The smallest absolute Gasteiger partial charge is 0.305 e. The van der Waals surface area contributed by atoms with Crippen LogP contribution >= 0.6 is 0 Å². The number of ether oxygens (including phenoxy) is 1. The lowest BCUT2D eigenvalue weighted by Crippen LogP contribution is -2.45. The Morgan fingerprint density at radius 1 is 0.397 bits per heavy atom. The first-order chi connectivity index (χ1) is 33.5. The monoisotopic (exact) mass is 960 g/mol. The molecule has 0 aliphatic carbocycles. The Labute approximate surface area is 425 Å². The molecule has 6 heteroatoms. The minimum atomic E-state index is -0.665. The maximum atomic E-state index is 12.4. The van der Waals surface area contributed by atoms with Gasteiger partial charge in [-0.1, -0.05) is 296 Å². The first-order valence-electron chi connectivity index (χ1n) is 30.9. The van der Waals surface area contributed by atoms with Gasteiger partial charge in [0.25, 0.3) is 0 Å². The third kappa shape index (κ3) is 53.9. The molecule has 0 aromatic carbocycles. The molecule has 3 N–H and O–H groups in total. The van der Waals surface area contributed by atoms with Crippen molar-refractivity contribution < 1.29 is 24.5 Å². The van der Waals surface area contributed by atoms with Gasteiger partial charge in [0.2, 0.25) is 5.91 Å². The number of hydrogen-bond donors (Lipinski definition) is 3. The fourth-order valence-corrected chi connectivity index (χ4v) is 9.81. The Bertz CT molecular complexity index is 1020. The second-order valence-corrected chi connectivity index (χ2v) is 21.4. The second-order valence-electron chi connectivity index (χ2n) is 21.4. The van der Waals surface area contributed by atoms with E-state index in [1.54, 1.807) is 0 Å². The number of aliphatic hydroxyl groups excluding tert-OH is 2. The first-order valence-corrected chi connectivity index (χ1v) is 30.9. The summed E-state index contributed by atoms with van der Waals surface area (Å²) in [7, 11) is 0. The van der Waals surface area contributed by atoms with Crippen molar-refractivity contribution in [2.24, 2.45) is 0 Å². The van der Waals surface area contributed by atoms with E-state index >= 15 is 0 Å². The van der Waals surface area contributed by atoms with Crippen molar-refractivity contribution in [2.45, 2.75) is 360 Å². The Kier molecular flexibility index (Phi) is 57.0. The van der Waals surface area contributed by atoms with Crippen molar-refractivity contribution in [3.8, 4) is 0 Å². The fraction of sp³-hybridized carbons (Fsp3) is 0.935. The van der Waals surface area contributed by atoms with Gasteiger partial charge >= 0.3 is 5.97 Å². The molecule has 6 nitrogen and oxygen atoms in total. The lowest BCUT2D eigenvalue weighted by Gasteiger charge is -2.22. The molecule has 0 aromatic heterocycles. The predicted octanol–water partition coefficient (Wildman–Crippen LogP) is 19.2. The quantitative estimate of drug-likeness (QED) is 0.0321. The van der Waals surface area contributed by atoms with Gasteiger partial charge < -0.3 is 20.3 Å². The summed E-state index contributed by atoms with van der Waals surface area (Å²) in [6, 6.07) is -0.542. The third-order valence-electron chi connectivity index (χ3n) is 14.6. The van der Waals surface area contributed by atoms with Gasteiger partial charge in [-0.2, -0.15) is 0 Å². The van der Waals surface area contributed by atoms with E-state index in [9.17, 15) is 19.8 Å². The van der Waals surface area contributed by atoms with Gasteiger partial charge in [-0.05, 0) is 51.4 Å². The van der Waals surface area contributed by atoms with Crippen molar-refractivity contribution in [1.29, 1.82) is 0 Å². The number of amides is 1. The van der Waals surface area contributed by atoms with E-state index in [1.165, 1.54) is 276 Å². The zero-order valence-corrected chi connectivity index (χ0v) is 46.1. The molecule has 0 radical (unpaired) electrons. The van der Waals surface area contributed by atoms with Crippen LogP contribution in [0.3, 0.4) is 0 Å². The number of hydrogen-bond acceptors (Lipinski definition) is 5. The minimum absolute atomic E-state index is 0.0165. The zero-order chi connectivity index (χ0) is 49.3. The summed E-state index contributed by atoms with van der Waals surface area (Å²) in [5.41, 5.74) is 0. The number of aliphatic hydroxyl groups is 2. The zero-order valence-electron chi connectivity index (χ0n) is 46.1. The molecule has 68 heavy (non-hydrogen) atoms. The minimum Gasteiger partial charge on any atom is -0.466 e. The molecule has 0 bridgehead atoms. The van der Waals surface area contributed by atoms with Crippen molar-refractivity contribution >= 4 is 11.9 Å². The van der Waals surface area contributed by atoms with E-state index in [1.807, 2.05) is 0 Å². The van der Waals surface area contributed by atoms with Gasteiger partial charge in [0.05, 0.1) is 25.4 Å². The average Bonchev–Trinajstić information content (AvgIpc) is 3.34. The summed E-state index contributed by atoms with van der Waals surface area (Å²) in [5, 5.41) is 23.2. The standard InChI is InChI=1S/C62H121NO5/c1-3-5-7-9-11-13-15-16-17-29-32-36-40-44-48-52-56-62(67)68-57-53-49-45-41-37-33-30-27-25-23-21-19-18-20-22-24-26-28-31-35-39-43-47-51-55-61(66)63-59(58-64)60(65)54-50-46-42-38-34-14-12-10-8-6-4-2/h20,22,59-60,64-65H,3-19,21,23-58H2,1-2H3,(H,63,66)/b22-20-. The third-order valence-corrected chi connectivity index (χ3v) is 14.6. The van der Waals surface area contributed by atoms with E-state index in [2.05, 4.69) is 31.3 Å². The van der Waals surface area contributed by atoms with Gasteiger partial charge in [0, 0.05) is 12.8 Å². The number of rotatable bonds is 58. The van der Waals surface area contributed by atoms with E-state index in [0.29, 0.717) is 25.9 Å². The van der Waals surface area contributed by atoms with Crippen molar-refractivity contribution in [3.05, 3.63) is 12.2 Å². The molecule has 1 amide bonds. The Balaban J connectivity index is 3.36. The van der Waals surface area contributed by atoms with E-state index in [0.717, 1.165) is 38.5 Å². The molecule has 2 unspecified atom stereocenters. The highest BCUT2D eigenvalue weighted by Gasteiger charge is 2.20. The molecular formula is C62H121NO5. The van der Waals surface area contributed by atoms with Crippen molar-refractivity contribution in [3.63, 3.8) is 0 Å². The highest BCUT2D eigenvalue weighted by molar-refractivity contribution is 5.76. The van der Waals surface area contributed by atoms with Crippen molar-refractivity contribution in [1.82, 2.24) is 5.32 Å². The molecule has 0 rings (SSSR count). The summed E-state index contributed by atoms with van der Waals surface area (Å²) in [4.78, 5) is 24.5. The van der Waals surface area contributed by atoms with Crippen LogP contribution in [0.2, 0.25) is 0 Å². The molecule has 0 spiro atoms. The Morgan fingerprint density at radius 3 is 1.04 bits per heavy atom. The number of esters is 1. The van der Waals surface area contributed by atoms with E-state index in [4.69, 9.17) is 4.74 Å². The summed E-state index contributed by atoms with van der Waals surface area (Å²) >= 11 is 0. The van der Waals surface area contributed by atoms with Crippen LogP contribution in [0.4, 0.5) is 0 Å². The van der Waals surface area contributed by atoms with Crippen LogP contribution in [0, 0.1) is 0 Å². The Hall–Kier alpha value is -1.40. The largest absolute Gasteiger partial charge is 0.466 e. The predicted molar refractivity (Wildman–Crippen MR) is 297 cm³/mol. The van der Waals surface area contributed by atoms with Gasteiger partial charge in [-0.25, -0.2) is 0 Å². The molecule has 0 aromatic rings. The van der Waals surface area contributed by atoms with Gasteiger partial charge in [0.15, 0.2) is 0 Å². The van der Waals surface area contributed by atoms with E-state index in [-0.39, 0.29) is 18.5 Å². The highest BCUT2D eigenvalue weighted by atomic mass is 16.5. The van der Waals surface area contributed by atoms with E-state index < -0.39 is 12.1 Å². The maximum absolute atomic E-state index is 12.4. The fourth-order valence-electron chi connectivity index (χ4n) is 9.81. The van der Waals surface area contributed by atoms with Crippen LogP contribution in [0.1, 0.15) is 348 Å². The molecular weight excluding hydrogens is 839 g/mol. The number of carbonyl (C=O) groups is 2. The molecule has 0 aliphatic rings. The SMILES string of the molecule is CCCCCCCCCCCCCCCCCCC(=O)OCCCCCCCCCCCCCC/C=C\CCCCCCCCCCC(=O)NC(CO)C(O)CCCCCCCCCCCCC. The normalized spacial score (nSPS) is 12.6. The average molecular weight is 961 g/mol. The van der Waals surface area contributed by atoms with Crippen LogP contribution in [0.15, 0.2) is 12.2 Å². The number of unbranched alkanes of at least 4 members (excludes halogenated alkanes) is 45. The summed E-state index contributed by atoms with van der Waals surface area (Å²) in [5.74, 6) is -0.0226. The second kappa shape index (κ2) is 58.2. The molecule has 0 fully saturated rings. The van der Waals surface area contributed by atoms with Gasteiger partial charge in [-0.15, -0.1) is 0 Å². The molecule has 0 heterocycles. The van der Waals surface area contributed by atoms with Gasteiger partial charge in [-0.3, -0.25) is 9.59 Å². The van der Waals surface area contributed by atoms with Crippen molar-refractivity contribution in [2.75, 3.05) is 13.2 Å². The van der Waals surface area contributed by atoms with Crippen LogP contribution in [0.5, 0.6) is 0 Å². The topological polar surface area (TPSA) is 95.9 Å². The van der Waals surface area contributed by atoms with Crippen LogP contribution < -0.4 is 5.32 Å². The lowest BCUT2D eigenvalue weighted by molar-refractivity contribution is -0.143.